The van der Waals surface area contributed by atoms with Crippen molar-refractivity contribution in [2.45, 2.75) is 9.96 Å². The molecule has 0 spiro atoms. The van der Waals surface area contributed by atoms with Crippen molar-refractivity contribution >= 4 is 85.6 Å². The fraction of sp³-hybridized carbons (Fsp3) is 0.167. The van der Waals surface area contributed by atoms with Crippen LogP contribution in [0.15, 0.2) is 53.0 Å². The zero-order valence-electron chi connectivity index (χ0n) is 14.8. The number of esters is 1. The fourth-order valence-electron chi connectivity index (χ4n) is 2.21. The molecule has 0 unspecified atom stereocenters. The number of ether oxygens (including phenoxy) is 1. The van der Waals surface area contributed by atoms with E-state index in [1.54, 1.807) is 48.5 Å². The highest BCUT2D eigenvalue weighted by atomic mass is 79.9. The number of carbonyl (C=O) groups is 2. The van der Waals surface area contributed by atoms with Crippen molar-refractivity contribution in [3.63, 3.8) is 0 Å². The van der Waals surface area contributed by atoms with Crippen molar-refractivity contribution in [3.8, 4) is 0 Å². The van der Waals surface area contributed by atoms with Gasteiger partial charge in [0, 0.05) is 10.0 Å². The highest BCUT2D eigenvalue weighted by molar-refractivity contribution is 9.10. The van der Waals surface area contributed by atoms with Gasteiger partial charge >= 0.3 is 5.97 Å². The van der Waals surface area contributed by atoms with E-state index in [-0.39, 0.29) is 10.7 Å². The molecule has 0 saturated heterocycles. The Bertz CT molecular complexity index is 924. The summed E-state index contributed by atoms with van der Waals surface area (Å²) in [5.74, 6) is -1.02. The van der Waals surface area contributed by atoms with Gasteiger partial charge in [0.25, 0.3) is 5.91 Å². The molecule has 0 aromatic heterocycles. The van der Waals surface area contributed by atoms with Gasteiger partial charge in [0.1, 0.15) is 6.17 Å². The number of nitrogens with one attached hydrogen (secondary N) is 3. The first-order chi connectivity index (χ1) is 13.6. The van der Waals surface area contributed by atoms with Gasteiger partial charge in [0.2, 0.25) is 3.79 Å². The number of hydrogen-bond acceptors (Lipinski definition) is 4. The molecule has 0 saturated carbocycles. The molecule has 2 rings (SSSR count). The van der Waals surface area contributed by atoms with Crippen molar-refractivity contribution in [2.24, 2.45) is 0 Å². The number of benzene rings is 2. The maximum Gasteiger partial charge on any atom is 0.339 e. The van der Waals surface area contributed by atoms with E-state index in [4.69, 9.17) is 51.8 Å². The van der Waals surface area contributed by atoms with E-state index in [1.165, 1.54) is 7.11 Å². The molecule has 2 aromatic carbocycles. The highest BCUT2D eigenvalue weighted by Crippen LogP contribution is 2.29. The number of alkyl halides is 3. The standard InChI is InChI=1S/C18H15BrCl3N3O3S/c1-28-15(27)12-7-2-3-8-13(12)23-17(29)25-16(18(20,21)22)24-14(26)10-5-4-6-11(19)9-10/h2-9,16H,1H3,(H,24,26)(H2,23,25,29)/t16-/m1/s1. The number of rotatable bonds is 5. The summed E-state index contributed by atoms with van der Waals surface area (Å²) in [4.78, 5) is 24.4. The summed E-state index contributed by atoms with van der Waals surface area (Å²) in [7, 11) is 1.27. The lowest BCUT2D eigenvalue weighted by atomic mass is 10.2. The summed E-state index contributed by atoms with van der Waals surface area (Å²) < 4.78 is 3.54. The molecule has 3 N–H and O–H groups in total. The molecule has 0 aliphatic rings. The normalized spacial score (nSPS) is 11.9. The summed E-state index contributed by atoms with van der Waals surface area (Å²) >= 11 is 26.5. The summed E-state index contributed by atoms with van der Waals surface area (Å²) in [6.07, 6.45) is -1.16. The molecular formula is C18H15BrCl3N3O3S. The van der Waals surface area contributed by atoms with Gasteiger partial charge in [-0.05, 0) is 42.5 Å². The number of para-hydroxylation sites is 1. The first kappa shape index (κ1) is 23.7. The fourth-order valence-corrected chi connectivity index (χ4v) is 3.17. The number of thiocarbonyl (C=S) groups is 1. The zero-order valence-corrected chi connectivity index (χ0v) is 19.5. The molecule has 1 amide bonds. The van der Waals surface area contributed by atoms with Gasteiger partial charge in [-0.25, -0.2) is 4.79 Å². The Kier molecular flexibility index (Phi) is 8.54. The Hall–Kier alpha value is -1.58. The maximum absolute atomic E-state index is 12.5. The second kappa shape index (κ2) is 10.4. The quantitative estimate of drug-likeness (QED) is 0.222. The second-order valence-corrected chi connectivity index (χ2v) is 9.29. The number of amides is 1. The van der Waals surface area contributed by atoms with Crippen LogP contribution in [0, 0.1) is 0 Å². The van der Waals surface area contributed by atoms with Gasteiger partial charge in [0.15, 0.2) is 5.11 Å². The van der Waals surface area contributed by atoms with Crippen LogP contribution in [0.4, 0.5) is 5.69 Å². The van der Waals surface area contributed by atoms with Crippen LogP contribution in [0.3, 0.4) is 0 Å². The number of anilines is 1. The molecule has 0 fully saturated rings. The SMILES string of the molecule is COC(=O)c1ccccc1NC(=S)N[C@@H](NC(=O)c1cccc(Br)c1)C(Cl)(Cl)Cl. The van der Waals surface area contributed by atoms with Crippen LogP contribution in [0.25, 0.3) is 0 Å². The Balaban J connectivity index is 2.14. The molecule has 1 atom stereocenters. The van der Waals surface area contributed by atoms with Crippen molar-refractivity contribution in [3.05, 3.63) is 64.1 Å². The monoisotopic (exact) mass is 537 g/mol. The molecule has 11 heteroatoms. The Morgan fingerprint density at radius 1 is 1.10 bits per heavy atom. The largest absolute Gasteiger partial charge is 0.465 e. The van der Waals surface area contributed by atoms with Crippen LogP contribution < -0.4 is 16.0 Å². The molecule has 2 aromatic rings. The molecule has 6 nitrogen and oxygen atoms in total. The second-order valence-electron chi connectivity index (χ2n) is 5.59. The van der Waals surface area contributed by atoms with Crippen LogP contribution in [0.1, 0.15) is 20.7 Å². The molecule has 0 heterocycles. The predicted molar refractivity (Wildman–Crippen MR) is 123 cm³/mol. The average molecular weight is 540 g/mol. The van der Waals surface area contributed by atoms with Gasteiger partial charge in [0.05, 0.1) is 18.4 Å². The molecule has 0 aliphatic heterocycles. The van der Waals surface area contributed by atoms with E-state index in [0.29, 0.717) is 11.3 Å². The minimum atomic E-state index is -1.92. The highest BCUT2D eigenvalue weighted by Gasteiger charge is 2.35. The first-order valence-corrected chi connectivity index (χ1v) is 10.3. The van der Waals surface area contributed by atoms with E-state index in [1.807, 2.05) is 0 Å². The molecule has 0 aliphatic carbocycles. The lowest BCUT2D eigenvalue weighted by Crippen LogP contribution is -2.56. The smallest absolute Gasteiger partial charge is 0.339 e. The average Bonchev–Trinajstić information content (AvgIpc) is 2.66. The third kappa shape index (κ3) is 7.01. The summed E-state index contributed by atoms with van der Waals surface area (Å²) in [6, 6.07) is 13.3. The third-order valence-electron chi connectivity index (χ3n) is 3.55. The van der Waals surface area contributed by atoms with Gasteiger partial charge in [-0.1, -0.05) is 68.9 Å². The van der Waals surface area contributed by atoms with Crippen LogP contribution in [-0.4, -0.2) is 34.1 Å². The molecule has 0 bridgehead atoms. The van der Waals surface area contributed by atoms with Gasteiger partial charge < -0.3 is 20.7 Å². The minimum Gasteiger partial charge on any atom is -0.465 e. The Labute approximate surface area is 196 Å². The summed E-state index contributed by atoms with van der Waals surface area (Å²) in [5, 5.41) is 8.17. The first-order valence-electron chi connectivity index (χ1n) is 8.00. The molecule has 29 heavy (non-hydrogen) atoms. The van der Waals surface area contributed by atoms with Crippen LogP contribution >= 0.6 is 63.0 Å². The molecular weight excluding hydrogens is 525 g/mol. The van der Waals surface area contributed by atoms with Crippen molar-refractivity contribution in [2.75, 3.05) is 12.4 Å². The lowest BCUT2D eigenvalue weighted by Gasteiger charge is -2.28. The molecule has 154 valence electrons. The summed E-state index contributed by atoms with van der Waals surface area (Å²) in [5.41, 5.74) is 1.01. The summed E-state index contributed by atoms with van der Waals surface area (Å²) in [6.45, 7) is 0. The van der Waals surface area contributed by atoms with Crippen molar-refractivity contribution < 1.29 is 14.3 Å². The maximum atomic E-state index is 12.5. The number of halogens is 4. The van der Waals surface area contributed by atoms with E-state index in [0.717, 1.165) is 4.47 Å². The zero-order chi connectivity index (χ0) is 21.6. The van der Waals surface area contributed by atoms with Crippen molar-refractivity contribution in [1.29, 1.82) is 0 Å². The minimum absolute atomic E-state index is 0.0206. The van der Waals surface area contributed by atoms with E-state index >= 15 is 0 Å². The number of carbonyl (C=O) groups excluding carboxylic acids is 2. The topological polar surface area (TPSA) is 79.5 Å². The Morgan fingerprint density at radius 2 is 1.79 bits per heavy atom. The predicted octanol–water partition coefficient (Wildman–Crippen LogP) is 4.65. The van der Waals surface area contributed by atoms with Crippen LogP contribution in [0.5, 0.6) is 0 Å². The van der Waals surface area contributed by atoms with Crippen molar-refractivity contribution in [1.82, 2.24) is 10.6 Å². The number of methoxy groups -OCH3 is 1. The van der Waals surface area contributed by atoms with E-state index in [9.17, 15) is 9.59 Å². The van der Waals surface area contributed by atoms with Crippen LogP contribution in [-0.2, 0) is 4.74 Å². The third-order valence-corrected chi connectivity index (χ3v) is 4.91. The van der Waals surface area contributed by atoms with E-state index in [2.05, 4.69) is 31.9 Å². The molecule has 0 radical (unpaired) electrons. The van der Waals surface area contributed by atoms with Crippen LogP contribution in [0.2, 0.25) is 0 Å². The van der Waals surface area contributed by atoms with E-state index < -0.39 is 21.8 Å². The Morgan fingerprint density at radius 3 is 2.41 bits per heavy atom. The van der Waals surface area contributed by atoms with Gasteiger partial charge in [-0.15, -0.1) is 0 Å². The lowest BCUT2D eigenvalue weighted by molar-refractivity contribution is 0.0601. The number of hydrogen-bond donors (Lipinski definition) is 3. The van der Waals surface area contributed by atoms with Gasteiger partial charge in [-0.2, -0.15) is 0 Å². The van der Waals surface area contributed by atoms with Gasteiger partial charge in [-0.3, -0.25) is 4.79 Å².